The first kappa shape index (κ1) is 26.5. The fourth-order valence-corrected chi connectivity index (χ4v) is 4.25. The summed E-state index contributed by atoms with van der Waals surface area (Å²) in [6.07, 6.45) is 7.68. The van der Waals surface area contributed by atoms with E-state index in [1.807, 2.05) is 54.3 Å². The van der Waals surface area contributed by atoms with Crippen molar-refractivity contribution in [3.63, 3.8) is 0 Å². The predicted molar refractivity (Wildman–Crippen MR) is 137 cm³/mol. The van der Waals surface area contributed by atoms with Gasteiger partial charge in [0.25, 0.3) is 0 Å². The highest BCUT2D eigenvalue weighted by molar-refractivity contribution is 7.99. The van der Waals surface area contributed by atoms with Crippen LogP contribution in [0.25, 0.3) is 0 Å². The van der Waals surface area contributed by atoms with Crippen molar-refractivity contribution >= 4 is 29.4 Å². The fraction of sp³-hybridized carbons (Fsp3) is 0.407. The second kappa shape index (κ2) is 15.2. The number of nitrogens with zero attached hydrogens (tertiary/aromatic N) is 1. The summed E-state index contributed by atoms with van der Waals surface area (Å²) in [6, 6.07) is 15.9. The van der Waals surface area contributed by atoms with Gasteiger partial charge in [-0.3, -0.25) is 9.69 Å². The number of benzene rings is 2. The fourth-order valence-electron chi connectivity index (χ4n) is 3.38. The highest BCUT2D eigenvalue weighted by Gasteiger charge is 2.15. The summed E-state index contributed by atoms with van der Waals surface area (Å²) in [5.41, 5.74) is 1.82. The zero-order valence-corrected chi connectivity index (χ0v) is 20.7. The molecule has 0 aromatic heterocycles. The zero-order chi connectivity index (χ0) is 23.9. The molecule has 0 bridgehead atoms. The summed E-state index contributed by atoms with van der Waals surface area (Å²) in [6.45, 7) is 9.22. The number of amides is 2. The highest BCUT2D eigenvalue weighted by atomic mass is 32.2. The third kappa shape index (κ3) is 9.74. The second-order valence-corrected chi connectivity index (χ2v) is 8.91. The molecule has 0 aliphatic rings. The van der Waals surface area contributed by atoms with E-state index in [1.54, 1.807) is 17.8 Å². The van der Waals surface area contributed by atoms with Gasteiger partial charge >= 0.3 is 12.0 Å². The molecule has 0 saturated carbocycles. The topological polar surface area (TPSA) is 58.6 Å². The standard InChI is InChI=1S/C27H36N2O3S/c1-4-7-8-9-10-19-29(27(31)28-18-5-2)23-12-11-13-25(21-23)33-24-16-14-22(15-17-24)20-26(30)32-6-3/h5,11-17,21H,2,4,6-10,18-20H2,1,3H3,(H,28,31). The Kier molecular flexibility index (Phi) is 12.2. The van der Waals surface area contributed by atoms with Gasteiger partial charge in [0.05, 0.1) is 13.0 Å². The molecule has 0 atom stereocenters. The van der Waals surface area contributed by atoms with Crippen LogP contribution in [0.15, 0.2) is 71.0 Å². The number of unbranched alkanes of at least 4 members (excludes halogenated alkanes) is 4. The molecule has 0 radical (unpaired) electrons. The number of rotatable bonds is 14. The Hall–Kier alpha value is -2.73. The molecule has 0 spiro atoms. The molecule has 5 nitrogen and oxygen atoms in total. The van der Waals surface area contributed by atoms with Crippen LogP contribution < -0.4 is 10.2 Å². The normalized spacial score (nSPS) is 10.5. The Labute approximate surface area is 202 Å². The third-order valence-corrected chi connectivity index (χ3v) is 6.07. The number of hydrogen-bond acceptors (Lipinski definition) is 4. The van der Waals surface area contributed by atoms with Crippen LogP contribution in [0.5, 0.6) is 0 Å². The molecule has 0 unspecified atom stereocenters. The molecule has 2 amide bonds. The number of hydrogen-bond donors (Lipinski definition) is 1. The first-order chi connectivity index (χ1) is 16.1. The maximum absolute atomic E-state index is 12.8. The van der Waals surface area contributed by atoms with Crippen molar-refractivity contribution in [2.75, 3.05) is 24.6 Å². The summed E-state index contributed by atoms with van der Waals surface area (Å²) in [4.78, 5) is 28.4. The van der Waals surface area contributed by atoms with Crippen LogP contribution in [0.3, 0.4) is 0 Å². The van der Waals surface area contributed by atoms with Crippen LogP contribution in [0, 0.1) is 0 Å². The average Bonchev–Trinajstić information content (AvgIpc) is 2.81. The van der Waals surface area contributed by atoms with Gasteiger partial charge in [-0.25, -0.2) is 4.79 Å². The second-order valence-electron chi connectivity index (χ2n) is 7.77. The Morgan fingerprint density at radius 3 is 2.48 bits per heavy atom. The molecule has 178 valence electrons. The minimum absolute atomic E-state index is 0.101. The van der Waals surface area contributed by atoms with Crippen molar-refractivity contribution in [3.8, 4) is 0 Å². The number of carbonyl (C=O) groups is 2. The molecular formula is C27H36N2O3S. The van der Waals surface area contributed by atoms with Gasteiger partial charge in [-0.1, -0.05) is 68.6 Å². The monoisotopic (exact) mass is 468 g/mol. The molecule has 0 saturated heterocycles. The van der Waals surface area contributed by atoms with Gasteiger partial charge in [-0.05, 0) is 49.2 Å². The lowest BCUT2D eigenvalue weighted by Crippen LogP contribution is -2.40. The SMILES string of the molecule is C=CCNC(=O)N(CCCCCCC)c1cccc(Sc2ccc(CC(=O)OCC)cc2)c1. The van der Waals surface area contributed by atoms with Crippen LogP contribution in [0.2, 0.25) is 0 Å². The smallest absolute Gasteiger partial charge is 0.322 e. The molecule has 0 aliphatic heterocycles. The number of urea groups is 1. The van der Waals surface area contributed by atoms with Gasteiger partial charge in [0.1, 0.15) is 0 Å². The number of carbonyl (C=O) groups excluding carboxylic acids is 2. The van der Waals surface area contributed by atoms with E-state index in [0.717, 1.165) is 33.9 Å². The summed E-state index contributed by atoms with van der Waals surface area (Å²) in [7, 11) is 0. The molecule has 2 rings (SSSR count). The molecule has 2 aromatic carbocycles. The number of esters is 1. The largest absolute Gasteiger partial charge is 0.466 e. The molecule has 0 heterocycles. The Balaban J connectivity index is 2.07. The van der Waals surface area contributed by atoms with E-state index in [4.69, 9.17) is 4.74 Å². The van der Waals surface area contributed by atoms with Gasteiger partial charge in [-0.15, -0.1) is 6.58 Å². The Bertz CT molecular complexity index is 883. The first-order valence-electron chi connectivity index (χ1n) is 11.8. The van der Waals surface area contributed by atoms with Gasteiger partial charge in [0.15, 0.2) is 0 Å². The van der Waals surface area contributed by atoms with E-state index in [0.29, 0.717) is 19.7 Å². The maximum Gasteiger partial charge on any atom is 0.322 e. The Morgan fingerprint density at radius 2 is 1.79 bits per heavy atom. The van der Waals surface area contributed by atoms with Crippen molar-refractivity contribution in [3.05, 3.63) is 66.7 Å². The summed E-state index contributed by atoms with van der Waals surface area (Å²) in [5.74, 6) is -0.213. The van der Waals surface area contributed by atoms with E-state index in [-0.39, 0.29) is 18.4 Å². The predicted octanol–water partition coefficient (Wildman–Crippen LogP) is 6.62. The van der Waals surface area contributed by atoms with Crippen LogP contribution in [-0.2, 0) is 16.0 Å². The van der Waals surface area contributed by atoms with Crippen LogP contribution in [-0.4, -0.2) is 31.7 Å². The minimum atomic E-state index is -0.213. The molecule has 0 fully saturated rings. The van der Waals surface area contributed by atoms with E-state index in [2.05, 4.69) is 24.9 Å². The van der Waals surface area contributed by atoms with Gasteiger partial charge in [0, 0.05) is 28.6 Å². The first-order valence-corrected chi connectivity index (χ1v) is 12.6. The number of anilines is 1. The summed E-state index contributed by atoms with van der Waals surface area (Å²) < 4.78 is 5.01. The maximum atomic E-state index is 12.8. The van der Waals surface area contributed by atoms with E-state index in [1.165, 1.54) is 19.3 Å². The highest BCUT2D eigenvalue weighted by Crippen LogP contribution is 2.31. The van der Waals surface area contributed by atoms with E-state index < -0.39 is 0 Å². The van der Waals surface area contributed by atoms with Gasteiger partial charge in [0.2, 0.25) is 0 Å². The molecular weight excluding hydrogens is 432 g/mol. The van der Waals surface area contributed by atoms with E-state index in [9.17, 15) is 9.59 Å². The molecule has 6 heteroatoms. The zero-order valence-electron chi connectivity index (χ0n) is 19.8. The third-order valence-electron chi connectivity index (χ3n) is 5.07. The van der Waals surface area contributed by atoms with Crippen molar-refractivity contribution in [2.45, 2.75) is 62.2 Å². The lowest BCUT2D eigenvalue weighted by atomic mass is 10.1. The summed E-state index contributed by atoms with van der Waals surface area (Å²) >= 11 is 1.63. The van der Waals surface area contributed by atoms with Crippen molar-refractivity contribution in [2.24, 2.45) is 0 Å². The van der Waals surface area contributed by atoms with Crippen molar-refractivity contribution in [1.29, 1.82) is 0 Å². The van der Waals surface area contributed by atoms with Crippen molar-refractivity contribution in [1.82, 2.24) is 5.32 Å². The average molecular weight is 469 g/mol. The number of ether oxygens (including phenoxy) is 1. The van der Waals surface area contributed by atoms with Crippen LogP contribution in [0.4, 0.5) is 10.5 Å². The molecule has 33 heavy (non-hydrogen) atoms. The number of nitrogens with one attached hydrogen (secondary N) is 1. The van der Waals surface area contributed by atoms with Gasteiger partial charge < -0.3 is 10.1 Å². The van der Waals surface area contributed by atoms with E-state index >= 15 is 0 Å². The minimum Gasteiger partial charge on any atom is -0.466 e. The lowest BCUT2D eigenvalue weighted by Gasteiger charge is -2.23. The van der Waals surface area contributed by atoms with Crippen LogP contribution in [0.1, 0.15) is 51.5 Å². The van der Waals surface area contributed by atoms with Gasteiger partial charge in [-0.2, -0.15) is 0 Å². The summed E-state index contributed by atoms with van der Waals surface area (Å²) in [5, 5.41) is 2.91. The lowest BCUT2D eigenvalue weighted by molar-refractivity contribution is -0.142. The van der Waals surface area contributed by atoms with Crippen molar-refractivity contribution < 1.29 is 14.3 Å². The molecule has 1 N–H and O–H groups in total. The Morgan fingerprint density at radius 1 is 1.03 bits per heavy atom. The van der Waals surface area contributed by atoms with Crippen LogP contribution >= 0.6 is 11.8 Å². The molecule has 2 aromatic rings. The quantitative estimate of drug-likeness (QED) is 0.192. The molecule has 0 aliphatic carbocycles.